The molecule has 0 bridgehead atoms. The average molecular weight is 520 g/mol. The molecule has 0 unspecified atom stereocenters. The molecule has 0 saturated carbocycles. The normalized spacial score (nSPS) is 11.4. The molecule has 0 radical (unpaired) electrons. The maximum absolute atomic E-state index is 12.1. The zero-order chi connectivity index (χ0) is 27.1. The molecule has 0 spiro atoms. The third kappa shape index (κ3) is 5.50. The van der Waals surface area contributed by atoms with Crippen LogP contribution in [-0.4, -0.2) is 39.0 Å². The molecule has 0 saturated heterocycles. The molecule has 9 nitrogen and oxygen atoms in total. The van der Waals surface area contributed by atoms with Crippen LogP contribution in [0.4, 0.5) is 0 Å². The Morgan fingerprint density at radius 2 is 1.22 bits per heavy atom. The topological polar surface area (TPSA) is 140 Å². The van der Waals surface area contributed by atoms with Crippen LogP contribution in [0.2, 0.25) is 0 Å². The van der Waals surface area contributed by atoms with Gasteiger partial charge in [-0.15, -0.1) is 0 Å². The number of aryl methyl sites for hydroxylation is 4. The van der Waals surface area contributed by atoms with Crippen LogP contribution in [0.5, 0.6) is 11.5 Å². The molecular formula is C27H25N3O6S. The zero-order valence-corrected chi connectivity index (χ0v) is 21.7. The van der Waals surface area contributed by atoms with Crippen LogP contribution in [0.3, 0.4) is 0 Å². The van der Waals surface area contributed by atoms with E-state index in [1.54, 1.807) is 0 Å². The Bertz CT molecular complexity index is 1600. The first kappa shape index (κ1) is 25.9. The molecule has 1 aromatic heterocycles. The molecule has 4 aromatic rings. The molecular weight excluding hydrogens is 494 g/mol. The lowest BCUT2D eigenvalue weighted by Gasteiger charge is -2.14. The third-order valence-corrected chi connectivity index (χ3v) is 6.59. The van der Waals surface area contributed by atoms with E-state index in [1.165, 1.54) is 0 Å². The summed E-state index contributed by atoms with van der Waals surface area (Å²) in [5, 5.41) is 10.8. The maximum atomic E-state index is 12.1. The van der Waals surface area contributed by atoms with Crippen molar-refractivity contribution in [2.45, 2.75) is 39.5 Å². The van der Waals surface area contributed by atoms with Gasteiger partial charge in [-0.25, -0.2) is 15.0 Å². The van der Waals surface area contributed by atoms with Crippen molar-refractivity contribution in [2.24, 2.45) is 0 Å². The Hall–Kier alpha value is -4.15. The summed E-state index contributed by atoms with van der Waals surface area (Å²) >= 11 is 0. The van der Waals surface area contributed by atoms with E-state index in [1.807, 2.05) is 64.1 Å². The van der Waals surface area contributed by atoms with Gasteiger partial charge in [-0.1, -0.05) is 47.5 Å². The SMILES string of the molecule is CC(=O)Oc1cc(O)c(-c2nc(-c3ccc(C)cc3C)nc(-c3ccc(C)cc3C)n2)cc1S(=O)(=O)O. The van der Waals surface area contributed by atoms with E-state index in [4.69, 9.17) is 9.72 Å². The van der Waals surface area contributed by atoms with Gasteiger partial charge < -0.3 is 9.84 Å². The van der Waals surface area contributed by atoms with Gasteiger partial charge in [0.1, 0.15) is 10.6 Å². The predicted molar refractivity (Wildman–Crippen MR) is 138 cm³/mol. The highest BCUT2D eigenvalue weighted by atomic mass is 32.2. The summed E-state index contributed by atoms with van der Waals surface area (Å²) in [5.74, 6) is -1.20. The highest BCUT2D eigenvalue weighted by Gasteiger charge is 2.24. The second-order valence-electron chi connectivity index (χ2n) is 8.83. The van der Waals surface area contributed by atoms with Gasteiger partial charge in [-0.05, 0) is 44.9 Å². The minimum Gasteiger partial charge on any atom is -0.507 e. The van der Waals surface area contributed by atoms with Crippen molar-refractivity contribution in [3.05, 3.63) is 70.8 Å². The Morgan fingerprint density at radius 1 is 0.757 bits per heavy atom. The van der Waals surface area contributed by atoms with Crippen molar-refractivity contribution in [1.29, 1.82) is 0 Å². The van der Waals surface area contributed by atoms with Gasteiger partial charge in [0.25, 0.3) is 10.1 Å². The second kappa shape index (κ2) is 9.72. The molecule has 0 amide bonds. The minimum atomic E-state index is -4.83. The summed E-state index contributed by atoms with van der Waals surface area (Å²) in [5.41, 5.74) is 5.30. The number of hydrogen-bond donors (Lipinski definition) is 2. The van der Waals surface area contributed by atoms with Gasteiger partial charge in [0.15, 0.2) is 23.2 Å². The van der Waals surface area contributed by atoms with E-state index < -0.39 is 32.5 Å². The monoisotopic (exact) mass is 519 g/mol. The first-order valence-electron chi connectivity index (χ1n) is 11.3. The van der Waals surface area contributed by atoms with Crippen molar-refractivity contribution in [1.82, 2.24) is 15.0 Å². The summed E-state index contributed by atoms with van der Waals surface area (Å²) in [6.45, 7) is 8.85. The van der Waals surface area contributed by atoms with Crippen LogP contribution in [-0.2, 0) is 14.9 Å². The molecule has 190 valence electrons. The lowest BCUT2D eigenvalue weighted by Crippen LogP contribution is -2.08. The summed E-state index contributed by atoms with van der Waals surface area (Å²) in [6.07, 6.45) is 0. The molecule has 4 rings (SSSR count). The van der Waals surface area contributed by atoms with Crippen molar-refractivity contribution in [2.75, 3.05) is 0 Å². The first-order chi connectivity index (χ1) is 17.3. The van der Waals surface area contributed by atoms with E-state index in [2.05, 4.69) is 9.97 Å². The van der Waals surface area contributed by atoms with Crippen LogP contribution in [0.25, 0.3) is 34.2 Å². The van der Waals surface area contributed by atoms with E-state index in [9.17, 15) is 22.9 Å². The number of nitrogens with zero attached hydrogens (tertiary/aromatic N) is 3. The van der Waals surface area contributed by atoms with Gasteiger partial charge in [0.05, 0.1) is 5.56 Å². The van der Waals surface area contributed by atoms with Crippen molar-refractivity contribution >= 4 is 16.1 Å². The Morgan fingerprint density at radius 3 is 1.62 bits per heavy atom. The molecule has 0 aliphatic carbocycles. The molecule has 2 N–H and O–H groups in total. The van der Waals surface area contributed by atoms with Crippen LogP contribution in [0.15, 0.2) is 53.4 Å². The van der Waals surface area contributed by atoms with Crippen molar-refractivity contribution in [3.63, 3.8) is 0 Å². The largest absolute Gasteiger partial charge is 0.507 e. The quantitative estimate of drug-likeness (QED) is 0.212. The fourth-order valence-electron chi connectivity index (χ4n) is 4.03. The molecule has 0 aliphatic heterocycles. The molecule has 0 fully saturated rings. The molecule has 3 aromatic carbocycles. The Labute approximate surface area is 214 Å². The van der Waals surface area contributed by atoms with Gasteiger partial charge >= 0.3 is 5.97 Å². The molecule has 1 heterocycles. The molecule has 0 aliphatic rings. The lowest BCUT2D eigenvalue weighted by atomic mass is 10.0. The van der Waals surface area contributed by atoms with Gasteiger partial charge in [-0.2, -0.15) is 8.42 Å². The summed E-state index contributed by atoms with van der Waals surface area (Å²) in [7, 11) is -4.83. The number of ether oxygens (including phenoxy) is 1. The van der Waals surface area contributed by atoms with Crippen LogP contribution < -0.4 is 4.74 Å². The number of phenols is 1. The van der Waals surface area contributed by atoms with Crippen LogP contribution in [0.1, 0.15) is 29.2 Å². The van der Waals surface area contributed by atoms with Gasteiger partial charge in [0, 0.05) is 24.1 Å². The minimum absolute atomic E-state index is 0.0308. The van der Waals surface area contributed by atoms with Gasteiger partial charge in [0.2, 0.25) is 0 Å². The number of benzene rings is 3. The molecule has 10 heteroatoms. The number of hydrogen-bond acceptors (Lipinski definition) is 8. The number of carbonyl (C=O) groups excluding carboxylic acids is 1. The number of aromatic hydroxyl groups is 1. The lowest BCUT2D eigenvalue weighted by molar-refractivity contribution is -0.132. The number of esters is 1. The fourth-order valence-corrected chi connectivity index (χ4v) is 4.65. The fraction of sp³-hybridized carbons (Fsp3) is 0.185. The molecule has 0 atom stereocenters. The predicted octanol–water partition coefficient (Wildman–Crippen LogP) is 4.98. The highest BCUT2D eigenvalue weighted by molar-refractivity contribution is 7.86. The standard InChI is InChI=1S/C27H25N3O6S/c1-14-6-8-19(16(3)10-14)25-28-26(20-9-7-15(2)11-17(20)4)30-27(29-25)21-12-24(37(33,34)35)23(13-22(21)32)36-18(5)31/h6-13,32H,1-5H3,(H,33,34,35). The number of carbonyl (C=O) groups is 1. The van der Waals surface area contributed by atoms with E-state index in [0.717, 1.165) is 52.4 Å². The summed E-state index contributed by atoms with van der Waals surface area (Å²) in [4.78, 5) is 24.5. The molecule has 37 heavy (non-hydrogen) atoms. The number of phenolic OH excluding ortho intramolecular Hbond substituents is 1. The number of aromatic nitrogens is 3. The zero-order valence-electron chi connectivity index (χ0n) is 20.9. The maximum Gasteiger partial charge on any atom is 0.308 e. The average Bonchev–Trinajstić information content (AvgIpc) is 2.77. The smallest absolute Gasteiger partial charge is 0.308 e. The Kier molecular flexibility index (Phi) is 6.81. The second-order valence-corrected chi connectivity index (χ2v) is 10.2. The van der Waals surface area contributed by atoms with E-state index in [0.29, 0.717) is 11.6 Å². The van der Waals surface area contributed by atoms with Crippen LogP contribution >= 0.6 is 0 Å². The third-order valence-electron chi connectivity index (χ3n) is 5.72. The summed E-state index contributed by atoms with van der Waals surface area (Å²) < 4.78 is 38.9. The van der Waals surface area contributed by atoms with E-state index in [-0.39, 0.29) is 11.4 Å². The van der Waals surface area contributed by atoms with E-state index >= 15 is 0 Å². The number of rotatable bonds is 5. The van der Waals surface area contributed by atoms with Crippen molar-refractivity contribution in [3.8, 4) is 45.7 Å². The van der Waals surface area contributed by atoms with Crippen LogP contribution in [0, 0.1) is 27.7 Å². The van der Waals surface area contributed by atoms with Crippen molar-refractivity contribution < 1.29 is 27.6 Å². The first-order valence-corrected chi connectivity index (χ1v) is 12.7. The summed E-state index contributed by atoms with van der Waals surface area (Å²) in [6, 6.07) is 13.5. The Balaban J connectivity index is 2.03. The highest BCUT2D eigenvalue weighted by Crippen LogP contribution is 2.38. The van der Waals surface area contributed by atoms with Gasteiger partial charge in [-0.3, -0.25) is 9.35 Å².